The molecule has 9 nitrogen and oxygen atoms in total. The zero-order valence-electron chi connectivity index (χ0n) is 21.7. The number of ether oxygens (including phenoxy) is 1. The highest BCUT2D eigenvalue weighted by atomic mass is 16.5. The van der Waals surface area contributed by atoms with Crippen LogP contribution in [-0.4, -0.2) is 84.0 Å². The zero-order chi connectivity index (χ0) is 26.9. The fourth-order valence-electron chi connectivity index (χ4n) is 4.54. The summed E-state index contributed by atoms with van der Waals surface area (Å²) in [6.07, 6.45) is -0.847. The summed E-state index contributed by atoms with van der Waals surface area (Å²) in [4.78, 5) is 17.7. The van der Waals surface area contributed by atoms with Gasteiger partial charge in [-0.2, -0.15) is 0 Å². The van der Waals surface area contributed by atoms with Gasteiger partial charge >= 0.3 is 0 Å². The van der Waals surface area contributed by atoms with Crippen LogP contribution in [-0.2, 0) is 17.8 Å². The maximum Gasteiger partial charge on any atom is 0.274 e. The molecule has 1 aliphatic rings. The second-order valence-corrected chi connectivity index (χ2v) is 9.47. The number of aliphatic hydroxyl groups is 2. The van der Waals surface area contributed by atoms with Crippen molar-refractivity contribution in [1.82, 2.24) is 15.3 Å². The van der Waals surface area contributed by atoms with Gasteiger partial charge in [-0.3, -0.25) is 19.8 Å². The molecule has 4 N–H and O–H groups in total. The van der Waals surface area contributed by atoms with E-state index in [0.717, 1.165) is 28.9 Å². The normalized spacial score (nSPS) is 14.9. The van der Waals surface area contributed by atoms with E-state index in [1.54, 1.807) is 17.6 Å². The molecule has 202 valence electrons. The molecule has 0 saturated carbocycles. The minimum absolute atomic E-state index is 0.143. The third-order valence-corrected chi connectivity index (χ3v) is 6.74. The smallest absolute Gasteiger partial charge is 0.274 e. The van der Waals surface area contributed by atoms with Gasteiger partial charge in [0.05, 0.1) is 19.8 Å². The number of carbonyl (C=O) groups is 1. The molecule has 1 amide bonds. The molecular formula is C29H36N4O5. The molecule has 3 aromatic carbocycles. The van der Waals surface area contributed by atoms with Crippen LogP contribution in [0.15, 0.2) is 72.8 Å². The SMILES string of the molecule is CN(CCO)Cc1ccc(-c2ccc(N(Cc3ccc(C(=O)NO)cc3)C(O)N3CCOCC3)cc2)cc1. The lowest BCUT2D eigenvalue weighted by Crippen LogP contribution is -2.52. The maximum atomic E-state index is 11.7. The van der Waals surface area contributed by atoms with Crippen LogP contribution in [0.1, 0.15) is 21.5 Å². The lowest BCUT2D eigenvalue weighted by molar-refractivity contribution is -0.0597. The van der Waals surface area contributed by atoms with Crippen molar-refractivity contribution in [3.05, 3.63) is 89.5 Å². The van der Waals surface area contributed by atoms with Crippen molar-refractivity contribution in [2.24, 2.45) is 0 Å². The predicted molar refractivity (Wildman–Crippen MR) is 146 cm³/mol. The standard InChI is InChI=1S/C29H36N4O5/c1-31(14-17-34)20-22-2-6-24(7-3-22)25-10-12-27(13-11-25)33(29(36)32-15-18-38-19-16-32)21-23-4-8-26(9-5-23)28(35)30-37/h2-13,29,34,36-37H,14-21H2,1H3,(H,30,35). The number of hydrogen-bond donors (Lipinski definition) is 4. The summed E-state index contributed by atoms with van der Waals surface area (Å²) in [5, 5.41) is 29.3. The van der Waals surface area contributed by atoms with Crippen LogP contribution in [0.25, 0.3) is 11.1 Å². The molecule has 1 aliphatic heterocycles. The number of rotatable bonds is 11. The highest BCUT2D eigenvalue weighted by Gasteiger charge is 2.25. The van der Waals surface area contributed by atoms with Crippen molar-refractivity contribution < 1.29 is 25.0 Å². The number of benzene rings is 3. The quantitative estimate of drug-likeness (QED) is 0.174. The summed E-state index contributed by atoms with van der Waals surface area (Å²) in [6.45, 7) is 4.38. The minimum Gasteiger partial charge on any atom is -0.395 e. The van der Waals surface area contributed by atoms with Gasteiger partial charge in [-0.05, 0) is 53.6 Å². The molecule has 1 unspecified atom stereocenters. The van der Waals surface area contributed by atoms with E-state index in [1.165, 1.54) is 5.56 Å². The number of hydroxylamine groups is 1. The number of aliphatic hydroxyl groups excluding tert-OH is 2. The Morgan fingerprint density at radius 1 is 0.921 bits per heavy atom. The Balaban J connectivity index is 1.52. The average Bonchev–Trinajstić information content (AvgIpc) is 2.96. The zero-order valence-corrected chi connectivity index (χ0v) is 21.7. The Morgan fingerprint density at radius 3 is 2.05 bits per heavy atom. The Bertz CT molecular complexity index is 1150. The number of carbonyl (C=O) groups excluding carboxylic acids is 1. The number of nitrogens with one attached hydrogen (secondary N) is 1. The fourth-order valence-corrected chi connectivity index (χ4v) is 4.54. The highest BCUT2D eigenvalue weighted by Crippen LogP contribution is 2.27. The van der Waals surface area contributed by atoms with Gasteiger partial charge in [-0.15, -0.1) is 0 Å². The Labute approximate surface area is 223 Å². The number of nitrogens with zero attached hydrogens (tertiary/aromatic N) is 3. The lowest BCUT2D eigenvalue weighted by Gasteiger charge is -2.39. The Hall–Kier alpha value is -3.31. The first-order valence-electron chi connectivity index (χ1n) is 12.8. The summed E-state index contributed by atoms with van der Waals surface area (Å²) >= 11 is 0. The summed E-state index contributed by atoms with van der Waals surface area (Å²) < 4.78 is 5.46. The first-order valence-corrected chi connectivity index (χ1v) is 12.8. The largest absolute Gasteiger partial charge is 0.395 e. The molecule has 0 bridgehead atoms. The van der Waals surface area contributed by atoms with Crippen molar-refractivity contribution in [2.45, 2.75) is 19.4 Å². The van der Waals surface area contributed by atoms with Crippen LogP contribution in [0.4, 0.5) is 5.69 Å². The van der Waals surface area contributed by atoms with Crippen LogP contribution >= 0.6 is 0 Å². The van der Waals surface area contributed by atoms with Crippen LogP contribution in [0.5, 0.6) is 0 Å². The molecule has 3 aromatic rings. The van der Waals surface area contributed by atoms with E-state index in [4.69, 9.17) is 15.1 Å². The third kappa shape index (κ3) is 7.16. The van der Waals surface area contributed by atoms with Gasteiger partial charge in [0.2, 0.25) is 0 Å². The Kier molecular flexibility index (Phi) is 9.83. The molecule has 0 spiro atoms. The predicted octanol–water partition coefficient (Wildman–Crippen LogP) is 2.51. The maximum absolute atomic E-state index is 11.7. The van der Waals surface area contributed by atoms with Crippen molar-refractivity contribution >= 4 is 11.6 Å². The van der Waals surface area contributed by atoms with E-state index >= 15 is 0 Å². The van der Waals surface area contributed by atoms with Gasteiger partial charge in [0.1, 0.15) is 0 Å². The molecule has 38 heavy (non-hydrogen) atoms. The van der Waals surface area contributed by atoms with Crippen molar-refractivity contribution in [2.75, 3.05) is 51.4 Å². The second kappa shape index (κ2) is 13.5. The van der Waals surface area contributed by atoms with E-state index in [1.807, 2.05) is 41.1 Å². The van der Waals surface area contributed by atoms with E-state index < -0.39 is 12.3 Å². The summed E-state index contributed by atoms with van der Waals surface area (Å²) in [5.74, 6) is -0.567. The van der Waals surface area contributed by atoms with Crippen LogP contribution in [0.2, 0.25) is 0 Å². The topological polar surface area (TPSA) is 109 Å². The van der Waals surface area contributed by atoms with Crippen molar-refractivity contribution in [3.63, 3.8) is 0 Å². The van der Waals surface area contributed by atoms with Crippen LogP contribution < -0.4 is 10.4 Å². The van der Waals surface area contributed by atoms with E-state index in [0.29, 0.717) is 45.0 Å². The summed E-state index contributed by atoms with van der Waals surface area (Å²) in [6, 6.07) is 23.5. The monoisotopic (exact) mass is 520 g/mol. The second-order valence-electron chi connectivity index (χ2n) is 9.47. The molecule has 0 aromatic heterocycles. The molecule has 1 atom stereocenters. The van der Waals surface area contributed by atoms with Gasteiger partial charge in [0.25, 0.3) is 5.91 Å². The van der Waals surface area contributed by atoms with Gasteiger partial charge in [-0.25, -0.2) is 5.48 Å². The average molecular weight is 521 g/mol. The van der Waals surface area contributed by atoms with E-state index in [9.17, 15) is 9.90 Å². The van der Waals surface area contributed by atoms with Gasteiger partial charge < -0.3 is 19.8 Å². The minimum atomic E-state index is -0.847. The van der Waals surface area contributed by atoms with Gasteiger partial charge in [-0.1, -0.05) is 48.5 Å². The molecule has 1 saturated heterocycles. The van der Waals surface area contributed by atoms with Gasteiger partial charge in [0.15, 0.2) is 6.35 Å². The number of anilines is 1. The number of amides is 1. The Morgan fingerprint density at radius 2 is 1.47 bits per heavy atom. The number of hydrogen-bond acceptors (Lipinski definition) is 8. The first kappa shape index (κ1) is 27.7. The highest BCUT2D eigenvalue weighted by molar-refractivity contribution is 5.93. The number of likely N-dealkylation sites (N-methyl/N-ethyl adjacent to an activating group) is 1. The number of morpholine rings is 1. The molecular weight excluding hydrogens is 484 g/mol. The van der Waals surface area contributed by atoms with E-state index in [2.05, 4.69) is 41.3 Å². The first-order chi connectivity index (χ1) is 18.5. The molecule has 1 heterocycles. The van der Waals surface area contributed by atoms with Crippen molar-refractivity contribution in [1.29, 1.82) is 0 Å². The van der Waals surface area contributed by atoms with E-state index in [-0.39, 0.29) is 6.61 Å². The lowest BCUT2D eigenvalue weighted by atomic mass is 10.0. The molecule has 4 rings (SSSR count). The third-order valence-electron chi connectivity index (χ3n) is 6.74. The summed E-state index contributed by atoms with van der Waals surface area (Å²) in [5.41, 5.74) is 7.14. The molecule has 0 aliphatic carbocycles. The van der Waals surface area contributed by atoms with Gasteiger partial charge in [0, 0.05) is 44.0 Å². The molecule has 1 fully saturated rings. The summed E-state index contributed by atoms with van der Waals surface area (Å²) in [7, 11) is 1.99. The molecule has 0 radical (unpaired) electrons. The van der Waals surface area contributed by atoms with Crippen LogP contribution in [0.3, 0.4) is 0 Å². The fraction of sp³-hybridized carbons (Fsp3) is 0.345. The molecule has 9 heteroatoms. The van der Waals surface area contributed by atoms with Crippen molar-refractivity contribution in [3.8, 4) is 11.1 Å². The van der Waals surface area contributed by atoms with Crippen LogP contribution in [0, 0.1) is 0 Å².